The van der Waals surface area contributed by atoms with Gasteiger partial charge < -0.3 is 10.5 Å². The number of para-hydroxylation sites is 1. The zero-order valence-electron chi connectivity index (χ0n) is 11.3. The van der Waals surface area contributed by atoms with E-state index >= 15 is 0 Å². The fourth-order valence-electron chi connectivity index (χ4n) is 1.76. The number of methoxy groups -OCH3 is 1. The highest BCUT2D eigenvalue weighted by Gasteiger charge is 2.14. The standard InChI is InChI=1S/C14H24N2O/c1-11(2)16(9-12(3)17-4)10-13-7-5-6-8-14(13)15/h5-8,11-12H,9-10,15H2,1-4H3. The SMILES string of the molecule is COC(C)CN(Cc1ccccc1N)C(C)C. The van der Waals surface area contributed by atoms with Crippen LogP contribution in [0, 0.1) is 0 Å². The minimum atomic E-state index is 0.238. The van der Waals surface area contributed by atoms with E-state index in [0.717, 1.165) is 18.8 Å². The predicted molar refractivity (Wildman–Crippen MR) is 72.9 cm³/mol. The van der Waals surface area contributed by atoms with Crippen molar-refractivity contribution < 1.29 is 4.74 Å². The van der Waals surface area contributed by atoms with Crippen molar-refractivity contribution in [3.63, 3.8) is 0 Å². The van der Waals surface area contributed by atoms with E-state index in [0.29, 0.717) is 6.04 Å². The normalized spacial score (nSPS) is 13.3. The van der Waals surface area contributed by atoms with Crippen molar-refractivity contribution >= 4 is 5.69 Å². The minimum absolute atomic E-state index is 0.238. The zero-order valence-corrected chi connectivity index (χ0v) is 11.3. The molecule has 1 unspecified atom stereocenters. The van der Waals surface area contributed by atoms with Crippen LogP contribution >= 0.6 is 0 Å². The Hall–Kier alpha value is -1.06. The third kappa shape index (κ3) is 4.36. The topological polar surface area (TPSA) is 38.5 Å². The number of rotatable bonds is 6. The molecule has 2 N–H and O–H groups in total. The third-order valence-corrected chi connectivity index (χ3v) is 3.05. The minimum Gasteiger partial charge on any atom is -0.398 e. The van der Waals surface area contributed by atoms with Crippen LogP contribution in [0.3, 0.4) is 0 Å². The molecule has 1 rings (SSSR count). The average Bonchev–Trinajstić information content (AvgIpc) is 2.30. The molecule has 0 amide bonds. The number of hydrogen-bond acceptors (Lipinski definition) is 3. The number of nitrogens with two attached hydrogens (primary N) is 1. The Kier molecular flexibility index (Phi) is 5.45. The van der Waals surface area contributed by atoms with Gasteiger partial charge in [0.15, 0.2) is 0 Å². The van der Waals surface area contributed by atoms with Crippen molar-refractivity contribution in [2.75, 3.05) is 19.4 Å². The highest BCUT2D eigenvalue weighted by Crippen LogP contribution is 2.15. The second-order valence-electron chi connectivity index (χ2n) is 4.77. The third-order valence-electron chi connectivity index (χ3n) is 3.05. The van der Waals surface area contributed by atoms with E-state index in [1.165, 1.54) is 5.56 Å². The first kappa shape index (κ1) is 14.0. The molecule has 0 aliphatic heterocycles. The van der Waals surface area contributed by atoms with E-state index in [2.05, 4.69) is 31.7 Å². The zero-order chi connectivity index (χ0) is 12.8. The summed E-state index contributed by atoms with van der Waals surface area (Å²) in [5.74, 6) is 0. The summed E-state index contributed by atoms with van der Waals surface area (Å²) in [5, 5.41) is 0. The van der Waals surface area contributed by atoms with Crippen LogP contribution in [-0.4, -0.2) is 30.7 Å². The first-order valence-corrected chi connectivity index (χ1v) is 6.14. The van der Waals surface area contributed by atoms with E-state index < -0.39 is 0 Å². The molecule has 17 heavy (non-hydrogen) atoms. The van der Waals surface area contributed by atoms with Gasteiger partial charge in [0.2, 0.25) is 0 Å². The molecule has 1 atom stereocenters. The lowest BCUT2D eigenvalue weighted by Crippen LogP contribution is -2.36. The van der Waals surface area contributed by atoms with Crippen molar-refractivity contribution in [1.82, 2.24) is 4.90 Å². The monoisotopic (exact) mass is 236 g/mol. The van der Waals surface area contributed by atoms with Crippen LogP contribution in [0.2, 0.25) is 0 Å². The molecular weight excluding hydrogens is 212 g/mol. The number of ether oxygens (including phenoxy) is 1. The molecule has 0 bridgehead atoms. The summed E-state index contributed by atoms with van der Waals surface area (Å²) in [6.07, 6.45) is 0.238. The van der Waals surface area contributed by atoms with Crippen LogP contribution in [0.15, 0.2) is 24.3 Å². The first-order valence-electron chi connectivity index (χ1n) is 6.14. The number of anilines is 1. The summed E-state index contributed by atoms with van der Waals surface area (Å²) in [4.78, 5) is 2.37. The molecule has 1 aromatic carbocycles. The van der Waals surface area contributed by atoms with Gasteiger partial charge in [0.1, 0.15) is 0 Å². The highest BCUT2D eigenvalue weighted by molar-refractivity contribution is 5.46. The molecule has 0 aliphatic rings. The fraction of sp³-hybridized carbons (Fsp3) is 0.571. The molecule has 0 fully saturated rings. The molecule has 0 saturated carbocycles. The maximum absolute atomic E-state index is 5.97. The van der Waals surface area contributed by atoms with Gasteiger partial charge in [-0.3, -0.25) is 4.90 Å². The van der Waals surface area contributed by atoms with E-state index in [4.69, 9.17) is 10.5 Å². The lowest BCUT2D eigenvalue weighted by Gasteiger charge is -2.29. The molecular formula is C14H24N2O. The van der Waals surface area contributed by atoms with E-state index in [-0.39, 0.29) is 6.10 Å². The molecule has 0 aliphatic carbocycles. The van der Waals surface area contributed by atoms with Crippen molar-refractivity contribution in [2.45, 2.75) is 39.5 Å². The summed E-state index contributed by atoms with van der Waals surface area (Å²) in [7, 11) is 1.75. The van der Waals surface area contributed by atoms with Crippen LogP contribution in [-0.2, 0) is 11.3 Å². The Balaban J connectivity index is 2.70. The largest absolute Gasteiger partial charge is 0.398 e. The Morgan fingerprint density at radius 3 is 2.41 bits per heavy atom. The number of hydrogen-bond donors (Lipinski definition) is 1. The average molecular weight is 236 g/mol. The van der Waals surface area contributed by atoms with Crippen LogP contribution in [0.25, 0.3) is 0 Å². The molecule has 3 nitrogen and oxygen atoms in total. The van der Waals surface area contributed by atoms with Gasteiger partial charge in [0.25, 0.3) is 0 Å². The number of nitrogen functional groups attached to an aromatic ring is 1. The van der Waals surface area contributed by atoms with Gasteiger partial charge in [-0.15, -0.1) is 0 Å². The lowest BCUT2D eigenvalue weighted by atomic mass is 10.1. The Morgan fingerprint density at radius 1 is 1.24 bits per heavy atom. The Morgan fingerprint density at radius 2 is 1.88 bits per heavy atom. The molecule has 0 spiro atoms. The fourth-order valence-corrected chi connectivity index (χ4v) is 1.76. The van der Waals surface area contributed by atoms with Crippen molar-refractivity contribution in [2.24, 2.45) is 0 Å². The van der Waals surface area contributed by atoms with Crippen molar-refractivity contribution in [3.05, 3.63) is 29.8 Å². The maximum Gasteiger partial charge on any atom is 0.0670 e. The summed E-state index contributed by atoms with van der Waals surface area (Å²) in [6.45, 7) is 8.27. The summed E-state index contributed by atoms with van der Waals surface area (Å²) < 4.78 is 5.33. The number of nitrogens with zero attached hydrogens (tertiary/aromatic N) is 1. The quantitative estimate of drug-likeness (QED) is 0.771. The molecule has 1 aromatic rings. The van der Waals surface area contributed by atoms with Gasteiger partial charge in [-0.1, -0.05) is 18.2 Å². The smallest absolute Gasteiger partial charge is 0.0670 e. The molecule has 0 radical (unpaired) electrons. The van der Waals surface area contributed by atoms with Gasteiger partial charge in [-0.2, -0.15) is 0 Å². The lowest BCUT2D eigenvalue weighted by molar-refractivity contribution is 0.0623. The van der Waals surface area contributed by atoms with Gasteiger partial charge in [0, 0.05) is 31.9 Å². The summed E-state index contributed by atoms with van der Waals surface area (Å²) >= 11 is 0. The second-order valence-corrected chi connectivity index (χ2v) is 4.77. The van der Waals surface area contributed by atoms with Crippen molar-refractivity contribution in [3.8, 4) is 0 Å². The Labute approximate surface area is 105 Å². The van der Waals surface area contributed by atoms with Crippen LogP contribution < -0.4 is 5.73 Å². The Bertz CT molecular complexity index is 339. The molecule has 3 heteroatoms. The van der Waals surface area contributed by atoms with Crippen LogP contribution in [0.1, 0.15) is 26.3 Å². The molecule has 0 heterocycles. The van der Waals surface area contributed by atoms with E-state index in [9.17, 15) is 0 Å². The summed E-state index contributed by atoms with van der Waals surface area (Å²) in [5.41, 5.74) is 8.02. The van der Waals surface area contributed by atoms with E-state index in [1.807, 2.05) is 18.2 Å². The predicted octanol–water partition coefficient (Wildman–Crippen LogP) is 2.51. The second kappa shape index (κ2) is 6.62. The molecule has 96 valence electrons. The number of benzene rings is 1. The first-order chi connectivity index (χ1) is 8.04. The van der Waals surface area contributed by atoms with Gasteiger partial charge >= 0.3 is 0 Å². The van der Waals surface area contributed by atoms with Crippen LogP contribution in [0.4, 0.5) is 5.69 Å². The summed E-state index contributed by atoms with van der Waals surface area (Å²) in [6, 6.07) is 8.52. The van der Waals surface area contributed by atoms with Crippen molar-refractivity contribution in [1.29, 1.82) is 0 Å². The maximum atomic E-state index is 5.97. The molecule has 0 aromatic heterocycles. The molecule has 0 saturated heterocycles. The van der Waals surface area contributed by atoms with Gasteiger partial charge in [0.05, 0.1) is 6.10 Å². The van der Waals surface area contributed by atoms with Gasteiger partial charge in [-0.05, 0) is 32.4 Å². The van der Waals surface area contributed by atoms with Gasteiger partial charge in [-0.25, -0.2) is 0 Å². The highest BCUT2D eigenvalue weighted by atomic mass is 16.5. The van der Waals surface area contributed by atoms with E-state index in [1.54, 1.807) is 7.11 Å². The van der Waals surface area contributed by atoms with Crippen LogP contribution in [0.5, 0.6) is 0 Å².